The van der Waals surface area contributed by atoms with Crippen molar-refractivity contribution in [3.05, 3.63) is 90.0 Å². The minimum atomic E-state index is 0.890. The number of hydrogen-bond donors (Lipinski definition) is 0. The van der Waals surface area contributed by atoms with E-state index in [2.05, 4.69) is 66.8 Å². The Morgan fingerprint density at radius 3 is 2.14 bits per heavy atom. The van der Waals surface area contributed by atoms with Crippen LogP contribution in [0.4, 0.5) is 0 Å². The number of allylic oxidation sites excluding steroid dienone is 2. The maximum atomic E-state index is 5.25. The van der Waals surface area contributed by atoms with E-state index in [9.17, 15) is 0 Å². The van der Waals surface area contributed by atoms with Gasteiger partial charge in [0.15, 0.2) is 0 Å². The minimum absolute atomic E-state index is 0.890. The van der Waals surface area contributed by atoms with E-state index in [0.717, 1.165) is 5.75 Å². The van der Waals surface area contributed by atoms with E-state index in [1.807, 2.05) is 24.3 Å². The van der Waals surface area contributed by atoms with E-state index in [0.29, 0.717) is 0 Å². The Hall–Kier alpha value is -2.80. The maximum Gasteiger partial charge on any atom is 0.119 e. The van der Waals surface area contributed by atoms with Gasteiger partial charge in [-0.1, -0.05) is 72.8 Å². The Morgan fingerprint density at radius 1 is 0.682 bits per heavy atom. The van der Waals surface area contributed by atoms with Crippen LogP contribution in [0.5, 0.6) is 5.75 Å². The van der Waals surface area contributed by atoms with Crippen molar-refractivity contribution in [2.24, 2.45) is 0 Å². The molecule has 0 aliphatic heterocycles. The largest absolute Gasteiger partial charge is 0.497 e. The van der Waals surface area contributed by atoms with Gasteiger partial charge in [0, 0.05) is 0 Å². The van der Waals surface area contributed by atoms with E-state index in [1.54, 1.807) is 7.11 Å². The number of benzene rings is 3. The molecule has 0 fully saturated rings. The predicted molar refractivity (Wildman–Crippen MR) is 95.0 cm³/mol. The molecular formula is C21H18O. The lowest BCUT2D eigenvalue weighted by Gasteiger charge is -2.03. The van der Waals surface area contributed by atoms with Crippen LogP contribution in [0.2, 0.25) is 0 Å². The standard InChI is InChI=1S/C21H18O/c1-22-21-14-13-19-15-18(11-12-20(19)16-21)10-6-5-9-17-7-3-2-4-8-17/h2-16H,1H3/b9-5+,10-6-. The summed E-state index contributed by atoms with van der Waals surface area (Å²) >= 11 is 0. The van der Waals surface area contributed by atoms with Crippen molar-refractivity contribution in [2.45, 2.75) is 0 Å². The highest BCUT2D eigenvalue weighted by atomic mass is 16.5. The molecule has 0 radical (unpaired) electrons. The number of fused-ring (bicyclic) bond motifs is 1. The third-order valence-electron chi connectivity index (χ3n) is 3.56. The Morgan fingerprint density at radius 2 is 1.36 bits per heavy atom. The zero-order valence-electron chi connectivity index (χ0n) is 12.6. The molecule has 0 saturated carbocycles. The van der Waals surface area contributed by atoms with Crippen LogP contribution in [-0.4, -0.2) is 7.11 Å². The van der Waals surface area contributed by atoms with E-state index >= 15 is 0 Å². The van der Waals surface area contributed by atoms with Crippen LogP contribution in [0.3, 0.4) is 0 Å². The molecule has 3 aromatic carbocycles. The van der Waals surface area contributed by atoms with Crippen molar-refractivity contribution < 1.29 is 4.74 Å². The first-order valence-corrected chi connectivity index (χ1v) is 7.33. The molecule has 0 spiro atoms. The fourth-order valence-electron chi connectivity index (χ4n) is 2.37. The quantitative estimate of drug-likeness (QED) is 0.569. The van der Waals surface area contributed by atoms with Gasteiger partial charge < -0.3 is 4.74 Å². The van der Waals surface area contributed by atoms with E-state index in [-0.39, 0.29) is 0 Å². The third-order valence-corrected chi connectivity index (χ3v) is 3.56. The lowest BCUT2D eigenvalue weighted by molar-refractivity contribution is 0.415. The molecule has 3 aromatic rings. The zero-order valence-corrected chi connectivity index (χ0v) is 12.6. The van der Waals surface area contributed by atoms with Gasteiger partial charge in [-0.15, -0.1) is 0 Å². The second-order valence-electron chi connectivity index (χ2n) is 5.10. The maximum absolute atomic E-state index is 5.25. The molecule has 0 aliphatic carbocycles. The van der Waals surface area contributed by atoms with E-state index < -0.39 is 0 Å². The van der Waals surface area contributed by atoms with Crippen molar-refractivity contribution in [3.63, 3.8) is 0 Å². The van der Waals surface area contributed by atoms with Gasteiger partial charge in [-0.25, -0.2) is 0 Å². The molecule has 0 aliphatic rings. The van der Waals surface area contributed by atoms with Gasteiger partial charge in [0.05, 0.1) is 7.11 Å². The average Bonchev–Trinajstić information content (AvgIpc) is 2.59. The molecule has 0 amide bonds. The third kappa shape index (κ3) is 3.44. The van der Waals surface area contributed by atoms with Crippen molar-refractivity contribution in [1.82, 2.24) is 0 Å². The molecule has 0 bridgehead atoms. The summed E-state index contributed by atoms with van der Waals surface area (Å²) in [7, 11) is 1.69. The number of rotatable bonds is 4. The summed E-state index contributed by atoms with van der Waals surface area (Å²) in [4.78, 5) is 0. The number of methoxy groups -OCH3 is 1. The first-order chi connectivity index (χ1) is 10.8. The van der Waals surface area contributed by atoms with Crippen LogP contribution in [0.25, 0.3) is 22.9 Å². The molecule has 0 saturated heterocycles. The summed E-state index contributed by atoms with van der Waals surface area (Å²) in [5, 5.41) is 2.41. The van der Waals surface area contributed by atoms with Gasteiger partial charge in [0.2, 0.25) is 0 Å². The number of ether oxygens (including phenoxy) is 1. The van der Waals surface area contributed by atoms with Crippen LogP contribution >= 0.6 is 0 Å². The van der Waals surface area contributed by atoms with E-state index in [1.165, 1.54) is 21.9 Å². The second-order valence-corrected chi connectivity index (χ2v) is 5.10. The highest BCUT2D eigenvalue weighted by Gasteiger charge is 1.96. The van der Waals surface area contributed by atoms with Gasteiger partial charge in [0.1, 0.15) is 5.75 Å². The first-order valence-electron chi connectivity index (χ1n) is 7.33. The normalized spacial score (nSPS) is 11.5. The summed E-state index contributed by atoms with van der Waals surface area (Å²) in [6, 6.07) is 22.9. The summed E-state index contributed by atoms with van der Waals surface area (Å²) in [6.07, 6.45) is 8.34. The molecule has 1 heteroatoms. The highest BCUT2D eigenvalue weighted by molar-refractivity contribution is 5.86. The Balaban J connectivity index is 1.76. The van der Waals surface area contributed by atoms with Gasteiger partial charge in [0.25, 0.3) is 0 Å². The lowest BCUT2D eigenvalue weighted by atomic mass is 10.1. The topological polar surface area (TPSA) is 9.23 Å². The first kappa shape index (κ1) is 14.2. The second kappa shape index (κ2) is 6.77. The van der Waals surface area contributed by atoms with Crippen molar-refractivity contribution >= 4 is 22.9 Å². The van der Waals surface area contributed by atoms with E-state index in [4.69, 9.17) is 4.74 Å². The molecule has 0 heterocycles. The SMILES string of the molecule is COc1ccc2cc(/C=C\C=C\c3ccccc3)ccc2c1. The molecule has 0 unspecified atom stereocenters. The average molecular weight is 286 g/mol. The van der Waals surface area contributed by atoms with Crippen molar-refractivity contribution in [2.75, 3.05) is 7.11 Å². The molecule has 22 heavy (non-hydrogen) atoms. The van der Waals surface area contributed by atoms with Crippen LogP contribution in [0, 0.1) is 0 Å². The molecule has 0 N–H and O–H groups in total. The van der Waals surface area contributed by atoms with Crippen molar-refractivity contribution in [3.8, 4) is 5.75 Å². The summed E-state index contributed by atoms with van der Waals surface area (Å²) in [5.41, 5.74) is 2.40. The fraction of sp³-hybridized carbons (Fsp3) is 0.0476. The van der Waals surface area contributed by atoms with Gasteiger partial charge >= 0.3 is 0 Å². The monoisotopic (exact) mass is 286 g/mol. The minimum Gasteiger partial charge on any atom is -0.497 e. The molecule has 3 rings (SSSR count). The molecule has 108 valence electrons. The van der Waals surface area contributed by atoms with Crippen LogP contribution in [0.1, 0.15) is 11.1 Å². The Bertz CT molecular complexity index is 814. The summed E-state index contributed by atoms with van der Waals surface area (Å²) < 4.78 is 5.25. The Labute approximate surface area is 131 Å². The van der Waals surface area contributed by atoms with Gasteiger partial charge in [-0.2, -0.15) is 0 Å². The number of hydrogen-bond acceptors (Lipinski definition) is 1. The molecule has 0 atom stereocenters. The fourth-order valence-corrected chi connectivity index (χ4v) is 2.37. The van der Waals surface area contributed by atoms with Gasteiger partial charge in [-0.3, -0.25) is 0 Å². The summed E-state index contributed by atoms with van der Waals surface area (Å²) in [5.74, 6) is 0.890. The Kier molecular flexibility index (Phi) is 4.35. The van der Waals surface area contributed by atoms with Crippen LogP contribution in [0.15, 0.2) is 78.9 Å². The zero-order chi connectivity index (χ0) is 15.2. The molecular weight excluding hydrogens is 268 g/mol. The van der Waals surface area contributed by atoms with Crippen LogP contribution in [-0.2, 0) is 0 Å². The molecule has 1 nitrogen and oxygen atoms in total. The smallest absolute Gasteiger partial charge is 0.119 e. The highest BCUT2D eigenvalue weighted by Crippen LogP contribution is 2.22. The van der Waals surface area contributed by atoms with Crippen molar-refractivity contribution in [1.29, 1.82) is 0 Å². The molecule has 0 aromatic heterocycles. The summed E-state index contributed by atoms with van der Waals surface area (Å²) in [6.45, 7) is 0. The predicted octanol–water partition coefficient (Wildman–Crippen LogP) is 5.58. The van der Waals surface area contributed by atoms with Gasteiger partial charge in [-0.05, 0) is 40.1 Å². The van der Waals surface area contributed by atoms with Crippen LogP contribution < -0.4 is 4.74 Å². The lowest BCUT2D eigenvalue weighted by Crippen LogP contribution is -1.82.